The molecule has 1 aliphatic heterocycles. The molecule has 0 bridgehead atoms. The van der Waals surface area contributed by atoms with Crippen LogP contribution in [0.1, 0.15) is 31.0 Å². The zero-order chi connectivity index (χ0) is 9.97. The van der Waals surface area contributed by atoms with Crippen molar-refractivity contribution in [2.45, 2.75) is 31.8 Å². The van der Waals surface area contributed by atoms with Crippen molar-refractivity contribution in [2.75, 3.05) is 13.2 Å². The van der Waals surface area contributed by atoms with E-state index in [1.165, 1.54) is 0 Å². The van der Waals surface area contributed by atoms with Gasteiger partial charge in [0.05, 0.1) is 18.6 Å². The summed E-state index contributed by atoms with van der Waals surface area (Å²) in [5.74, 6) is 1.66. The minimum Gasteiger partial charge on any atom is -0.378 e. The first-order valence-corrected chi connectivity index (χ1v) is 4.93. The van der Waals surface area contributed by atoms with Gasteiger partial charge in [0, 0.05) is 6.42 Å². The second-order valence-electron chi connectivity index (χ2n) is 3.66. The molecule has 0 spiro atoms. The molecule has 2 atom stereocenters. The van der Waals surface area contributed by atoms with Crippen LogP contribution in [0.4, 0.5) is 0 Å². The SMILES string of the molecule is CC1CC(c2nc(CCN)no2)CO1. The lowest BCUT2D eigenvalue weighted by molar-refractivity contribution is 0.122. The highest BCUT2D eigenvalue weighted by molar-refractivity contribution is 4.97. The molecule has 1 aliphatic rings. The zero-order valence-corrected chi connectivity index (χ0v) is 8.27. The van der Waals surface area contributed by atoms with E-state index in [1.54, 1.807) is 0 Å². The third-order valence-electron chi connectivity index (χ3n) is 2.40. The van der Waals surface area contributed by atoms with Gasteiger partial charge in [-0.2, -0.15) is 4.98 Å². The summed E-state index contributed by atoms with van der Waals surface area (Å²) in [6, 6.07) is 0. The molecular weight excluding hydrogens is 182 g/mol. The van der Waals surface area contributed by atoms with Crippen molar-refractivity contribution < 1.29 is 9.26 Å². The van der Waals surface area contributed by atoms with Crippen molar-refractivity contribution in [3.05, 3.63) is 11.7 Å². The van der Waals surface area contributed by atoms with E-state index in [-0.39, 0.29) is 5.92 Å². The number of hydrogen-bond donors (Lipinski definition) is 1. The van der Waals surface area contributed by atoms with Crippen molar-refractivity contribution in [3.8, 4) is 0 Å². The molecule has 0 saturated carbocycles. The molecule has 2 unspecified atom stereocenters. The predicted molar refractivity (Wildman–Crippen MR) is 49.8 cm³/mol. The first-order chi connectivity index (χ1) is 6.79. The zero-order valence-electron chi connectivity index (χ0n) is 8.27. The Labute approximate surface area is 82.6 Å². The fraction of sp³-hybridized carbons (Fsp3) is 0.778. The van der Waals surface area contributed by atoms with Crippen LogP contribution in [0.3, 0.4) is 0 Å². The summed E-state index contributed by atoms with van der Waals surface area (Å²) in [6.07, 6.45) is 1.93. The largest absolute Gasteiger partial charge is 0.378 e. The minimum absolute atomic E-state index is 0.268. The molecule has 78 valence electrons. The van der Waals surface area contributed by atoms with Gasteiger partial charge in [0.2, 0.25) is 5.89 Å². The van der Waals surface area contributed by atoms with E-state index in [0.29, 0.717) is 37.4 Å². The Morgan fingerprint density at radius 3 is 3.07 bits per heavy atom. The summed E-state index contributed by atoms with van der Waals surface area (Å²) in [5, 5.41) is 3.85. The maximum Gasteiger partial charge on any atom is 0.232 e. The first kappa shape index (κ1) is 9.61. The van der Waals surface area contributed by atoms with Crippen LogP contribution in [0.2, 0.25) is 0 Å². The van der Waals surface area contributed by atoms with E-state index in [9.17, 15) is 0 Å². The van der Waals surface area contributed by atoms with Gasteiger partial charge in [-0.05, 0) is 19.9 Å². The summed E-state index contributed by atoms with van der Waals surface area (Å²) in [4.78, 5) is 4.28. The molecule has 0 aliphatic carbocycles. The van der Waals surface area contributed by atoms with Gasteiger partial charge in [-0.15, -0.1) is 0 Å². The lowest BCUT2D eigenvalue weighted by Crippen LogP contribution is -2.04. The predicted octanol–water partition coefficient (Wildman–Crippen LogP) is 0.463. The molecular formula is C9H15N3O2. The monoisotopic (exact) mass is 197 g/mol. The van der Waals surface area contributed by atoms with Crippen LogP contribution in [0, 0.1) is 0 Å². The van der Waals surface area contributed by atoms with Gasteiger partial charge < -0.3 is 15.0 Å². The number of nitrogens with zero attached hydrogens (tertiary/aromatic N) is 2. The van der Waals surface area contributed by atoms with E-state index >= 15 is 0 Å². The highest BCUT2D eigenvalue weighted by Gasteiger charge is 2.28. The van der Waals surface area contributed by atoms with Crippen molar-refractivity contribution in [1.82, 2.24) is 10.1 Å². The van der Waals surface area contributed by atoms with Crippen LogP contribution in [0.25, 0.3) is 0 Å². The molecule has 5 nitrogen and oxygen atoms in total. The van der Waals surface area contributed by atoms with E-state index in [4.69, 9.17) is 15.0 Å². The molecule has 1 fully saturated rings. The minimum atomic E-state index is 0.268. The molecule has 5 heteroatoms. The first-order valence-electron chi connectivity index (χ1n) is 4.93. The van der Waals surface area contributed by atoms with Crippen LogP contribution in [-0.4, -0.2) is 29.4 Å². The molecule has 2 heterocycles. The Balaban J connectivity index is 2.02. The fourth-order valence-electron chi connectivity index (χ4n) is 1.65. The van der Waals surface area contributed by atoms with Gasteiger partial charge in [-0.25, -0.2) is 0 Å². The Bertz CT molecular complexity index is 300. The van der Waals surface area contributed by atoms with Crippen LogP contribution in [-0.2, 0) is 11.2 Å². The quantitative estimate of drug-likeness (QED) is 0.762. The molecule has 1 saturated heterocycles. The molecule has 2 rings (SSSR count). The molecule has 1 aromatic heterocycles. The smallest absolute Gasteiger partial charge is 0.232 e. The Morgan fingerprint density at radius 2 is 2.43 bits per heavy atom. The van der Waals surface area contributed by atoms with E-state index in [1.807, 2.05) is 0 Å². The summed E-state index contributed by atoms with van der Waals surface area (Å²) >= 11 is 0. The maximum absolute atomic E-state index is 5.44. The number of hydrogen-bond acceptors (Lipinski definition) is 5. The van der Waals surface area contributed by atoms with E-state index in [0.717, 1.165) is 6.42 Å². The third kappa shape index (κ3) is 1.93. The van der Waals surface area contributed by atoms with E-state index in [2.05, 4.69) is 17.1 Å². The van der Waals surface area contributed by atoms with E-state index < -0.39 is 0 Å². The summed E-state index contributed by atoms with van der Waals surface area (Å²) in [7, 11) is 0. The van der Waals surface area contributed by atoms with Gasteiger partial charge in [-0.1, -0.05) is 5.16 Å². The second kappa shape index (κ2) is 4.06. The highest BCUT2D eigenvalue weighted by Crippen LogP contribution is 2.27. The van der Waals surface area contributed by atoms with Gasteiger partial charge in [0.15, 0.2) is 5.82 Å². The summed E-state index contributed by atoms with van der Waals surface area (Å²) < 4.78 is 10.6. The van der Waals surface area contributed by atoms with Crippen LogP contribution < -0.4 is 5.73 Å². The number of rotatable bonds is 3. The highest BCUT2D eigenvalue weighted by atomic mass is 16.5. The Hall–Kier alpha value is -0.940. The van der Waals surface area contributed by atoms with Gasteiger partial charge in [-0.3, -0.25) is 0 Å². The summed E-state index contributed by atoms with van der Waals surface area (Å²) in [5.41, 5.74) is 5.40. The maximum atomic E-state index is 5.44. The molecule has 2 N–H and O–H groups in total. The lowest BCUT2D eigenvalue weighted by atomic mass is 10.1. The van der Waals surface area contributed by atoms with Gasteiger partial charge >= 0.3 is 0 Å². The lowest BCUT2D eigenvalue weighted by Gasteiger charge is -1.98. The average molecular weight is 197 g/mol. The fourth-order valence-corrected chi connectivity index (χ4v) is 1.65. The van der Waals surface area contributed by atoms with Crippen molar-refractivity contribution in [2.24, 2.45) is 5.73 Å². The molecule has 0 radical (unpaired) electrons. The Morgan fingerprint density at radius 1 is 1.57 bits per heavy atom. The normalized spacial score (nSPS) is 27.0. The number of ether oxygens (including phenoxy) is 1. The topological polar surface area (TPSA) is 74.2 Å². The second-order valence-corrected chi connectivity index (χ2v) is 3.66. The van der Waals surface area contributed by atoms with Crippen molar-refractivity contribution in [1.29, 1.82) is 0 Å². The number of nitrogens with two attached hydrogens (primary N) is 1. The standard InChI is InChI=1S/C9H15N3O2/c1-6-4-7(5-13-6)9-11-8(2-3-10)12-14-9/h6-7H,2-5,10H2,1H3. The van der Waals surface area contributed by atoms with Crippen molar-refractivity contribution >= 4 is 0 Å². The Kier molecular flexibility index (Phi) is 2.79. The number of aromatic nitrogens is 2. The van der Waals surface area contributed by atoms with Crippen LogP contribution in [0.15, 0.2) is 4.52 Å². The van der Waals surface area contributed by atoms with Crippen molar-refractivity contribution in [3.63, 3.8) is 0 Å². The third-order valence-corrected chi connectivity index (χ3v) is 2.40. The average Bonchev–Trinajstić information content (AvgIpc) is 2.74. The van der Waals surface area contributed by atoms with Crippen LogP contribution in [0.5, 0.6) is 0 Å². The van der Waals surface area contributed by atoms with Gasteiger partial charge in [0.1, 0.15) is 0 Å². The molecule has 0 amide bonds. The van der Waals surface area contributed by atoms with Crippen LogP contribution >= 0.6 is 0 Å². The summed E-state index contributed by atoms with van der Waals surface area (Å²) in [6.45, 7) is 3.29. The van der Waals surface area contributed by atoms with Gasteiger partial charge in [0.25, 0.3) is 0 Å². The molecule has 1 aromatic rings. The molecule has 14 heavy (non-hydrogen) atoms. The molecule has 0 aromatic carbocycles.